The Balaban J connectivity index is 1.90. The van der Waals surface area contributed by atoms with Gasteiger partial charge in [-0.1, -0.05) is 0 Å². The number of morpholine rings is 1. The first-order valence-corrected chi connectivity index (χ1v) is 6.27. The van der Waals surface area contributed by atoms with Gasteiger partial charge >= 0.3 is 5.97 Å². The highest BCUT2D eigenvalue weighted by Crippen LogP contribution is 2.22. The molecule has 0 aromatic heterocycles. The minimum Gasteiger partial charge on any atom is -0.461 e. The summed E-state index contributed by atoms with van der Waals surface area (Å²) in [4.78, 5) is 16.0. The highest BCUT2D eigenvalue weighted by Gasteiger charge is 2.38. The van der Waals surface area contributed by atoms with Crippen molar-refractivity contribution in [2.75, 3.05) is 40.3 Å². The molecule has 0 aliphatic carbocycles. The van der Waals surface area contributed by atoms with Crippen molar-refractivity contribution in [1.29, 1.82) is 0 Å². The molecule has 0 bridgehead atoms. The Morgan fingerprint density at radius 1 is 1.47 bits per heavy atom. The minimum atomic E-state index is -0.0667. The summed E-state index contributed by atoms with van der Waals surface area (Å²) >= 11 is 0. The normalized spacial score (nSPS) is 35.3. The quantitative estimate of drug-likeness (QED) is 0.649. The molecule has 17 heavy (non-hydrogen) atoms. The number of nitrogens with zero attached hydrogens (tertiary/aromatic N) is 2. The standard InChI is InChI=1S/C12H22N2O3/c1-9-6-11(12(15)17-9)14-4-5-16-10(8-14)7-13(2)3/h9-11H,4-8H2,1-3H3/t9-,10+,11+/m1/s1. The topological polar surface area (TPSA) is 42.0 Å². The predicted molar refractivity (Wildman–Crippen MR) is 63.8 cm³/mol. The number of rotatable bonds is 3. The van der Waals surface area contributed by atoms with E-state index >= 15 is 0 Å². The van der Waals surface area contributed by atoms with E-state index in [1.807, 2.05) is 21.0 Å². The van der Waals surface area contributed by atoms with Gasteiger partial charge in [0.15, 0.2) is 0 Å². The molecular weight excluding hydrogens is 220 g/mol. The molecule has 2 saturated heterocycles. The predicted octanol–water partition coefficient (Wildman–Crippen LogP) is -0.0472. The van der Waals surface area contributed by atoms with E-state index in [0.717, 1.165) is 26.1 Å². The molecule has 2 fully saturated rings. The van der Waals surface area contributed by atoms with Crippen LogP contribution in [0.25, 0.3) is 0 Å². The number of carbonyl (C=O) groups excluding carboxylic acids is 1. The SMILES string of the molecule is C[C@@H]1C[C@H](N2CCO[C@@H](CN(C)C)C2)C(=O)O1. The van der Waals surface area contributed by atoms with Crippen LogP contribution in [0.2, 0.25) is 0 Å². The number of carbonyl (C=O) groups is 1. The molecule has 5 heteroatoms. The number of cyclic esters (lactones) is 1. The third kappa shape index (κ3) is 3.18. The molecule has 2 aliphatic heterocycles. The average molecular weight is 242 g/mol. The van der Waals surface area contributed by atoms with Crippen molar-refractivity contribution in [2.45, 2.75) is 31.6 Å². The Bertz CT molecular complexity index is 283. The molecule has 0 aromatic rings. The van der Waals surface area contributed by atoms with E-state index in [-0.39, 0.29) is 24.2 Å². The molecular formula is C12H22N2O3. The van der Waals surface area contributed by atoms with Crippen LogP contribution in [0.3, 0.4) is 0 Å². The third-order valence-electron chi connectivity index (χ3n) is 3.32. The molecule has 0 aromatic carbocycles. The van der Waals surface area contributed by atoms with Gasteiger partial charge in [0.25, 0.3) is 0 Å². The summed E-state index contributed by atoms with van der Waals surface area (Å²) in [5.41, 5.74) is 0. The van der Waals surface area contributed by atoms with Crippen LogP contribution in [0.5, 0.6) is 0 Å². The Hall–Kier alpha value is -0.650. The van der Waals surface area contributed by atoms with E-state index < -0.39 is 0 Å². The van der Waals surface area contributed by atoms with E-state index in [4.69, 9.17) is 9.47 Å². The fourth-order valence-corrected chi connectivity index (χ4v) is 2.58. The molecule has 3 atom stereocenters. The van der Waals surface area contributed by atoms with Gasteiger partial charge < -0.3 is 14.4 Å². The van der Waals surface area contributed by atoms with Crippen molar-refractivity contribution >= 4 is 5.97 Å². The molecule has 0 spiro atoms. The molecule has 2 aliphatic rings. The van der Waals surface area contributed by atoms with E-state index in [9.17, 15) is 4.79 Å². The van der Waals surface area contributed by atoms with Gasteiger partial charge in [0.1, 0.15) is 12.1 Å². The highest BCUT2D eigenvalue weighted by molar-refractivity contribution is 5.78. The first-order valence-electron chi connectivity index (χ1n) is 6.27. The van der Waals surface area contributed by atoms with E-state index in [2.05, 4.69) is 9.80 Å². The lowest BCUT2D eigenvalue weighted by Crippen LogP contribution is -2.51. The molecule has 0 amide bonds. The second kappa shape index (κ2) is 5.33. The lowest BCUT2D eigenvalue weighted by molar-refractivity contribution is -0.147. The Kier molecular flexibility index (Phi) is 4.01. The summed E-state index contributed by atoms with van der Waals surface area (Å²) < 4.78 is 10.9. The Labute approximate surface area is 103 Å². The van der Waals surface area contributed by atoms with Crippen molar-refractivity contribution < 1.29 is 14.3 Å². The fourth-order valence-electron chi connectivity index (χ4n) is 2.58. The zero-order chi connectivity index (χ0) is 12.4. The molecule has 2 rings (SSSR count). The molecule has 5 nitrogen and oxygen atoms in total. The fraction of sp³-hybridized carbons (Fsp3) is 0.917. The van der Waals surface area contributed by atoms with Crippen LogP contribution < -0.4 is 0 Å². The average Bonchev–Trinajstić information content (AvgIpc) is 2.57. The lowest BCUT2D eigenvalue weighted by atomic mass is 10.1. The smallest absolute Gasteiger partial charge is 0.323 e. The second-order valence-corrected chi connectivity index (χ2v) is 5.25. The first kappa shape index (κ1) is 12.8. The molecule has 0 N–H and O–H groups in total. The first-order chi connectivity index (χ1) is 8.06. The summed E-state index contributed by atoms with van der Waals surface area (Å²) in [6, 6.07) is -0.0569. The maximum Gasteiger partial charge on any atom is 0.323 e. The maximum atomic E-state index is 11.7. The summed E-state index contributed by atoms with van der Waals surface area (Å²) in [6.45, 7) is 5.21. The third-order valence-corrected chi connectivity index (χ3v) is 3.32. The lowest BCUT2D eigenvalue weighted by Gasteiger charge is -2.36. The van der Waals surface area contributed by atoms with Crippen LogP contribution in [0.15, 0.2) is 0 Å². The maximum absolute atomic E-state index is 11.7. The zero-order valence-corrected chi connectivity index (χ0v) is 10.9. The Morgan fingerprint density at radius 2 is 2.24 bits per heavy atom. The summed E-state index contributed by atoms with van der Waals surface area (Å²) in [5.74, 6) is -0.0667. The van der Waals surface area contributed by atoms with Crippen molar-refractivity contribution in [2.24, 2.45) is 0 Å². The monoisotopic (exact) mass is 242 g/mol. The van der Waals surface area contributed by atoms with Crippen molar-refractivity contribution in [1.82, 2.24) is 9.80 Å². The molecule has 98 valence electrons. The van der Waals surface area contributed by atoms with Crippen LogP contribution in [-0.4, -0.2) is 74.4 Å². The molecule has 0 unspecified atom stereocenters. The van der Waals surface area contributed by atoms with E-state index in [0.29, 0.717) is 6.61 Å². The highest BCUT2D eigenvalue weighted by atomic mass is 16.6. The minimum absolute atomic E-state index is 0.0569. The summed E-state index contributed by atoms with van der Waals surface area (Å²) in [6.07, 6.45) is 1.07. The number of likely N-dealkylation sites (N-methyl/N-ethyl adjacent to an activating group) is 1. The van der Waals surface area contributed by atoms with Gasteiger partial charge in [0, 0.05) is 26.1 Å². The molecule has 0 radical (unpaired) electrons. The van der Waals surface area contributed by atoms with Gasteiger partial charge in [-0.25, -0.2) is 0 Å². The van der Waals surface area contributed by atoms with E-state index in [1.54, 1.807) is 0 Å². The number of ether oxygens (including phenoxy) is 2. The number of hydrogen-bond acceptors (Lipinski definition) is 5. The van der Waals surface area contributed by atoms with Gasteiger partial charge in [-0.3, -0.25) is 9.69 Å². The zero-order valence-electron chi connectivity index (χ0n) is 10.9. The van der Waals surface area contributed by atoms with Crippen molar-refractivity contribution in [3.05, 3.63) is 0 Å². The van der Waals surface area contributed by atoms with Crippen LogP contribution in [0.1, 0.15) is 13.3 Å². The van der Waals surface area contributed by atoms with Gasteiger partial charge in [-0.05, 0) is 21.0 Å². The number of hydrogen-bond donors (Lipinski definition) is 0. The van der Waals surface area contributed by atoms with Crippen LogP contribution in [0, 0.1) is 0 Å². The van der Waals surface area contributed by atoms with Crippen LogP contribution in [0.4, 0.5) is 0 Å². The van der Waals surface area contributed by atoms with Gasteiger partial charge in [-0.15, -0.1) is 0 Å². The largest absolute Gasteiger partial charge is 0.461 e. The van der Waals surface area contributed by atoms with Crippen molar-refractivity contribution in [3.63, 3.8) is 0 Å². The Morgan fingerprint density at radius 3 is 2.82 bits per heavy atom. The van der Waals surface area contributed by atoms with Gasteiger partial charge in [0.2, 0.25) is 0 Å². The van der Waals surface area contributed by atoms with Crippen LogP contribution >= 0.6 is 0 Å². The number of esters is 1. The molecule has 0 saturated carbocycles. The summed E-state index contributed by atoms with van der Waals surface area (Å²) in [7, 11) is 4.07. The van der Waals surface area contributed by atoms with E-state index in [1.165, 1.54) is 0 Å². The van der Waals surface area contributed by atoms with Crippen molar-refractivity contribution in [3.8, 4) is 0 Å². The van der Waals surface area contributed by atoms with Crippen LogP contribution in [-0.2, 0) is 14.3 Å². The summed E-state index contributed by atoms with van der Waals surface area (Å²) in [5, 5.41) is 0. The van der Waals surface area contributed by atoms with Gasteiger partial charge in [-0.2, -0.15) is 0 Å². The molecule has 2 heterocycles. The van der Waals surface area contributed by atoms with Gasteiger partial charge in [0.05, 0.1) is 12.7 Å². The second-order valence-electron chi connectivity index (χ2n) is 5.25.